The van der Waals surface area contributed by atoms with Crippen molar-refractivity contribution in [3.8, 4) is 0 Å². The Kier molecular flexibility index (Phi) is 3.76. The van der Waals surface area contributed by atoms with Crippen LogP contribution in [-0.4, -0.2) is 9.78 Å². The van der Waals surface area contributed by atoms with Crippen molar-refractivity contribution < 1.29 is 0 Å². The van der Waals surface area contributed by atoms with Gasteiger partial charge in [0.1, 0.15) is 0 Å². The molecular weight excluding hydrogens is 258 g/mol. The summed E-state index contributed by atoms with van der Waals surface area (Å²) in [4.78, 5) is 0. The lowest BCUT2D eigenvalue weighted by molar-refractivity contribution is 0.541. The van der Waals surface area contributed by atoms with Crippen LogP contribution in [0.1, 0.15) is 36.9 Å². The Hall–Kier alpha value is -2.13. The molecule has 3 aromatic rings. The Morgan fingerprint density at radius 3 is 2.38 bits per heavy atom. The van der Waals surface area contributed by atoms with Crippen LogP contribution in [0.25, 0.3) is 10.9 Å². The molecule has 0 bridgehead atoms. The highest BCUT2D eigenvalue weighted by Crippen LogP contribution is 2.20. The van der Waals surface area contributed by atoms with Gasteiger partial charge in [-0.1, -0.05) is 56.3 Å². The molecule has 21 heavy (non-hydrogen) atoms. The fourth-order valence-electron chi connectivity index (χ4n) is 2.59. The van der Waals surface area contributed by atoms with Gasteiger partial charge in [-0.25, -0.2) is 0 Å². The van der Waals surface area contributed by atoms with Gasteiger partial charge in [0.15, 0.2) is 0 Å². The van der Waals surface area contributed by atoms with Gasteiger partial charge < -0.3 is 5.73 Å². The van der Waals surface area contributed by atoms with Gasteiger partial charge in [0.05, 0.1) is 18.3 Å². The number of hydrogen-bond acceptors (Lipinski definition) is 2. The summed E-state index contributed by atoms with van der Waals surface area (Å²) < 4.78 is 1.98. The van der Waals surface area contributed by atoms with E-state index in [1.165, 1.54) is 5.56 Å². The van der Waals surface area contributed by atoms with E-state index in [4.69, 9.17) is 5.73 Å². The number of fused-ring (bicyclic) bond motifs is 1. The Labute approximate surface area is 125 Å². The third-order valence-electron chi connectivity index (χ3n) is 3.95. The Morgan fingerprint density at radius 1 is 1.00 bits per heavy atom. The number of nitrogens with two attached hydrogens (primary N) is 1. The molecule has 1 heterocycles. The van der Waals surface area contributed by atoms with E-state index in [0.717, 1.165) is 16.5 Å². The summed E-state index contributed by atoms with van der Waals surface area (Å²) in [6.07, 6.45) is 1.89. The second kappa shape index (κ2) is 5.70. The predicted octanol–water partition coefficient (Wildman–Crippen LogP) is 3.86. The van der Waals surface area contributed by atoms with Crippen LogP contribution in [0.4, 0.5) is 0 Å². The predicted molar refractivity (Wildman–Crippen MR) is 87.2 cm³/mol. The second-order valence-corrected chi connectivity index (χ2v) is 5.81. The van der Waals surface area contributed by atoms with Crippen molar-refractivity contribution in [3.63, 3.8) is 0 Å². The third kappa shape index (κ3) is 2.83. The highest BCUT2D eigenvalue weighted by Gasteiger charge is 2.10. The fourth-order valence-corrected chi connectivity index (χ4v) is 2.59. The van der Waals surface area contributed by atoms with Crippen LogP contribution in [0.15, 0.2) is 54.7 Å². The van der Waals surface area contributed by atoms with Gasteiger partial charge in [-0.2, -0.15) is 5.10 Å². The van der Waals surface area contributed by atoms with E-state index in [9.17, 15) is 0 Å². The minimum absolute atomic E-state index is 0.0467. The SMILES string of the molecule is CC(C)c1ccc(C(N)Cn2ncc3ccccc32)cc1. The average Bonchev–Trinajstić information content (AvgIpc) is 2.91. The average molecular weight is 279 g/mol. The van der Waals surface area contributed by atoms with Gasteiger partial charge in [0, 0.05) is 11.4 Å². The molecule has 0 saturated carbocycles. The van der Waals surface area contributed by atoms with E-state index >= 15 is 0 Å². The molecule has 3 heteroatoms. The maximum Gasteiger partial charge on any atom is 0.0683 e. The number of nitrogens with zero attached hydrogens (tertiary/aromatic N) is 2. The quantitative estimate of drug-likeness (QED) is 0.788. The molecule has 3 rings (SSSR count). The number of benzene rings is 2. The zero-order chi connectivity index (χ0) is 14.8. The number of hydrogen-bond donors (Lipinski definition) is 1. The summed E-state index contributed by atoms with van der Waals surface area (Å²) in [5.74, 6) is 0.547. The molecule has 1 atom stereocenters. The largest absolute Gasteiger partial charge is 0.322 e. The molecule has 0 aliphatic carbocycles. The van der Waals surface area contributed by atoms with Crippen molar-refractivity contribution in [3.05, 3.63) is 65.9 Å². The maximum atomic E-state index is 6.34. The number of para-hydroxylation sites is 1. The van der Waals surface area contributed by atoms with Crippen LogP contribution in [-0.2, 0) is 6.54 Å². The van der Waals surface area contributed by atoms with Crippen molar-refractivity contribution in [2.75, 3.05) is 0 Å². The van der Waals surface area contributed by atoms with Crippen LogP contribution in [0, 0.1) is 0 Å². The fraction of sp³-hybridized carbons (Fsp3) is 0.278. The molecule has 0 spiro atoms. The molecule has 108 valence electrons. The first kappa shape index (κ1) is 13.8. The molecule has 0 aliphatic heterocycles. The van der Waals surface area contributed by atoms with E-state index in [1.54, 1.807) is 0 Å². The van der Waals surface area contributed by atoms with Crippen molar-refractivity contribution in [2.45, 2.75) is 32.4 Å². The van der Waals surface area contributed by atoms with Crippen LogP contribution in [0.3, 0.4) is 0 Å². The van der Waals surface area contributed by atoms with Gasteiger partial charge in [0.2, 0.25) is 0 Å². The molecule has 0 saturated heterocycles. The third-order valence-corrected chi connectivity index (χ3v) is 3.95. The van der Waals surface area contributed by atoms with Crippen molar-refractivity contribution >= 4 is 10.9 Å². The molecule has 0 aliphatic rings. The first-order valence-electron chi connectivity index (χ1n) is 7.41. The standard InChI is InChI=1S/C18H21N3/c1-13(2)14-7-9-15(10-8-14)17(19)12-21-18-6-4-3-5-16(18)11-20-21/h3-11,13,17H,12,19H2,1-2H3. The molecule has 2 aromatic carbocycles. The smallest absolute Gasteiger partial charge is 0.0683 e. The first-order chi connectivity index (χ1) is 10.1. The lowest BCUT2D eigenvalue weighted by atomic mass is 9.99. The van der Waals surface area contributed by atoms with E-state index in [-0.39, 0.29) is 6.04 Å². The summed E-state index contributed by atoms with van der Waals surface area (Å²) in [5, 5.41) is 5.60. The van der Waals surface area contributed by atoms with E-state index < -0.39 is 0 Å². The van der Waals surface area contributed by atoms with Crippen LogP contribution < -0.4 is 5.73 Å². The molecule has 3 nitrogen and oxygen atoms in total. The number of rotatable bonds is 4. The zero-order valence-corrected chi connectivity index (χ0v) is 12.5. The Bertz CT molecular complexity index is 726. The van der Waals surface area contributed by atoms with Gasteiger partial charge >= 0.3 is 0 Å². The maximum absolute atomic E-state index is 6.34. The van der Waals surface area contributed by atoms with Gasteiger partial charge in [0.25, 0.3) is 0 Å². The second-order valence-electron chi connectivity index (χ2n) is 5.81. The Balaban J connectivity index is 1.81. The minimum atomic E-state index is -0.0467. The molecule has 0 amide bonds. The normalized spacial score (nSPS) is 13.0. The topological polar surface area (TPSA) is 43.8 Å². The summed E-state index contributed by atoms with van der Waals surface area (Å²) in [5.41, 5.74) is 9.97. The summed E-state index contributed by atoms with van der Waals surface area (Å²) in [7, 11) is 0. The molecule has 0 radical (unpaired) electrons. The van der Waals surface area contributed by atoms with E-state index in [2.05, 4.69) is 55.3 Å². The van der Waals surface area contributed by atoms with Gasteiger partial charge in [-0.15, -0.1) is 0 Å². The minimum Gasteiger partial charge on any atom is -0.322 e. The zero-order valence-electron chi connectivity index (χ0n) is 12.5. The van der Waals surface area contributed by atoms with Crippen molar-refractivity contribution in [1.29, 1.82) is 0 Å². The molecular formula is C18H21N3. The highest BCUT2D eigenvalue weighted by molar-refractivity contribution is 5.78. The first-order valence-corrected chi connectivity index (χ1v) is 7.41. The Morgan fingerprint density at radius 2 is 1.67 bits per heavy atom. The van der Waals surface area contributed by atoms with Gasteiger partial charge in [-0.3, -0.25) is 4.68 Å². The molecule has 0 fully saturated rings. The lowest BCUT2D eigenvalue weighted by Crippen LogP contribution is -2.18. The highest BCUT2D eigenvalue weighted by atomic mass is 15.3. The summed E-state index contributed by atoms with van der Waals surface area (Å²) in [6.45, 7) is 5.09. The van der Waals surface area contributed by atoms with Crippen LogP contribution >= 0.6 is 0 Å². The number of aromatic nitrogens is 2. The van der Waals surface area contributed by atoms with Crippen LogP contribution in [0.2, 0.25) is 0 Å². The van der Waals surface area contributed by atoms with E-state index in [1.807, 2.05) is 23.0 Å². The molecule has 1 unspecified atom stereocenters. The van der Waals surface area contributed by atoms with E-state index in [0.29, 0.717) is 12.5 Å². The monoisotopic (exact) mass is 279 g/mol. The molecule has 2 N–H and O–H groups in total. The lowest BCUT2D eigenvalue weighted by Gasteiger charge is -2.14. The van der Waals surface area contributed by atoms with Crippen molar-refractivity contribution in [1.82, 2.24) is 9.78 Å². The summed E-state index contributed by atoms with van der Waals surface area (Å²) in [6, 6.07) is 16.8. The van der Waals surface area contributed by atoms with Crippen molar-refractivity contribution in [2.24, 2.45) is 5.73 Å². The molecule has 1 aromatic heterocycles. The summed E-state index contributed by atoms with van der Waals surface area (Å²) >= 11 is 0. The van der Waals surface area contributed by atoms with Gasteiger partial charge in [-0.05, 0) is 23.1 Å². The van der Waals surface area contributed by atoms with Crippen LogP contribution in [0.5, 0.6) is 0 Å².